The molecule has 0 fully saturated rings. The first kappa shape index (κ1) is 17.0. The van der Waals surface area contributed by atoms with Gasteiger partial charge in [-0.1, -0.05) is 12.1 Å². The summed E-state index contributed by atoms with van der Waals surface area (Å²) in [6.45, 7) is 1.64. The highest BCUT2D eigenvalue weighted by molar-refractivity contribution is 5.67. The average Bonchev–Trinajstić information content (AvgIpc) is 2.64. The van der Waals surface area contributed by atoms with E-state index < -0.39 is 5.97 Å². The minimum Gasteiger partial charge on any atom is -0.493 e. The van der Waals surface area contributed by atoms with Gasteiger partial charge in [-0.25, -0.2) is 0 Å². The fourth-order valence-electron chi connectivity index (χ4n) is 2.72. The van der Waals surface area contributed by atoms with Crippen molar-refractivity contribution < 1.29 is 24.1 Å². The highest BCUT2D eigenvalue weighted by atomic mass is 16.6. The second-order valence-corrected chi connectivity index (χ2v) is 5.77. The third-order valence-electron chi connectivity index (χ3n) is 3.94. The molecule has 0 unspecified atom stereocenters. The van der Waals surface area contributed by atoms with Gasteiger partial charge in [-0.15, -0.1) is 0 Å². The molecule has 1 heterocycles. The number of fused-ring (bicyclic) bond motifs is 1. The highest BCUT2D eigenvalue weighted by Gasteiger charge is 2.18. The van der Waals surface area contributed by atoms with Gasteiger partial charge in [0, 0.05) is 18.7 Å². The van der Waals surface area contributed by atoms with E-state index in [-0.39, 0.29) is 6.42 Å². The summed E-state index contributed by atoms with van der Waals surface area (Å²) < 4.78 is 16.6. The normalized spacial score (nSPS) is 12.5. The zero-order valence-electron chi connectivity index (χ0n) is 14.1. The van der Waals surface area contributed by atoms with Crippen LogP contribution in [0.3, 0.4) is 0 Å². The Labute approximate surface area is 146 Å². The van der Waals surface area contributed by atoms with Gasteiger partial charge >= 0.3 is 5.97 Å². The number of aryl methyl sites for hydroxylation is 1. The van der Waals surface area contributed by atoms with E-state index in [0.717, 1.165) is 16.8 Å². The van der Waals surface area contributed by atoms with Crippen molar-refractivity contribution in [2.45, 2.75) is 19.4 Å². The number of hydrogen-bond acceptors (Lipinski definition) is 5. The number of ether oxygens (including phenoxy) is 3. The fraction of sp³-hybridized carbons (Fsp3) is 0.316. The summed E-state index contributed by atoms with van der Waals surface area (Å²) in [6, 6.07) is 11.6. The van der Waals surface area contributed by atoms with E-state index in [1.165, 1.54) is 0 Å². The van der Waals surface area contributed by atoms with Crippen molar-refractivity contribution >= 4 is 11.7 Å². The van der Waals surface area contributed by atoms with Crippen LogP contribution in [0.15, 0.2) is 36.4 Å². The number of carboxylic acid groups (broad SMARTS) is 1. The van der Waals surface area contributed by atoms with Gasteiger partial charge < -0.3 is 24.6 Å². The number of rotatable bonds is 7. The zero-order chi connectivity index (χ0) is 17.6. The summed E-state index contributed by atoms with van der Waals surface area (Å²) in [6.07, 6.45) is 0.644. The number of aliphatic carboxylic acids is 1. The van der Waals surface area contributed by atoms with E-state index in [4.69, 9.17) is 19.3 Å². The molecule has 6 heteroatoms. The Hall–Kier alpha value is -2.89. The molecule has 0 aliphatic carbocycles. The first-order chi connectivity index (χ1) is 12.2. The molecule has 0 radical (unpaired) electrons. The monoisotopic (exact) mass is 343 g/mol. The van der Waals surface area contributed by atoms with Crippen molar-refractivity contribution in [1.29, 1.82) is 0 Å². The standard InChI is InChI=1S/C19H21NO5/c1-23-16-10-14(11-17-19(16)25-8-7-24-17)12-20-15-4-2-3-13(9-15)5-6-18(21)22/h2-4,9-11,20H,5-8,12H2,1H3,(H,21,22). The lowest BCUT2D eigenvalue weighted by atomic mass is 10.1. The molecule has 3 rings (SSSR count). The van der Waals surface area contributed by atoms with E-state index in [2.05, 4.69) is 5.32 Å². The molecule has 0 amide bonds. The highest BCUT2D eigenvalue weighted by Crippen LogP contribution is 2.40. The van der Waals surface area contributed by atoms with E-state index >= 15 is 0 Å². The molecule has 0 spiro atoms. The van der Waals surface area contributed by atoms with Gasteiger partial charge in [0.15, 0.2) is 11.5 Å². The summed E-state index contributed by atoms with van der Waals surface area (Å²) >= 11 is 0. The number of hydrogen-bond donors (Lipinski definition) is 2. The van der Waals surface area contributed by atoms with Crippen molar-refractivity contribution in [3.05, 3.63) is 47.5 Å². The summed E-state index contributed by atoms with van der Waals surface area (Å²) in [5.74, 6) is 1.21. The van der Waals surface area contributed by atoms with E-state index in [1.54, 1.807) is 7.11 Å². The average molecular weight is 343 g/mol. The Morgan fingerprint density at radius 2 is 2.04 bits per heavy atom. The van der Waals surface area contributed by atoms with Crippen molar-refractivity contribution in [2.75, 3.05) is 25.6 Å². The molecule has 1 aliphatic heterocycles. The lowest BCUT2D eigenvalue weighted by Gasteiger charge is -2.21. The van der Waals surface area contributed by atoms with Gasteiger partial charge in [-0.3, -0.25) is 4.79 Å². The van der Waals surface area contributed by atoms with E-state index in [9.17, 15) is 4.79 Å². The Kier molecular flexibility index (Phi) is 5.28. The first-order valence-corrected chi connectivity index (χ1v) is 8.17. The van der Waals surface area contributed by atoms with Crippen LogP contribution in [0.5, 0.6) is 17.2 Å². The van der Waals surface area contributed by atoms with Crippen LogP contribution in [-0.4, -0.2) is 31.4 Å². The number of benzene rings is 2. The third-order valence-corrected chi connectivity index (χ3v) is 3.94. The largest absolute Gasteiger partial charge is 0.493 e. The van der Waals surface area contributed by atoms with Crippen LogP contribution in [-0.2, 0) is 17.8 Å². The summed E-state index contributed by atoms with van der Waals surface area (Å²) in [5, 5.41) is 12.1. The van der Waals surface area contributed by atoms with Gasteiger partial charge in [0.1, 0.15) is 13.2 Å². The summed E-state index contributed by atoms with van der Waals surface area (Å²) in [7, 11) is 1.61. The molecule has 25 heavy (non-hydrogen) atoms. The number of anilines is 1. The third kappa shape index (κ3) is 4.35. The quantitative estimate of drug-likeness (QED) is 0.804. The lowest BCUT2D eigenvalue weighted by molar-refractivity contribution is -0.136. The summed E-state index contributed by atoms with van der Waals surface area (Å²) in [5.41, 5.74) is 2.95. The van der Waals surface area contributed by atoms with Crippen molar-refractivity contribution in [3.63, 3.8) is 0 Å². The molecule has 2 aromatic carbocycles. The molecule has 6 nitrogen and oxygen atoms in total. The van der Waals surface area contributed by atoms with Crippen LogP contribution in [0.25, 0.3) is 0 Å². The SMILES string of the molecule is COc1cc(CNc2cccc(CCC(=O)O)c2)cc2c1OCCO2. The number of nitrogens with one attached hydrogen (secondary N) is 1. The predicted octanol–water partition coefficient (Wildman–Crippen LogP) is 3.10. The molecule has 132 valence electrons. The Bertz CT molecular complexity index is 742. The van der Waals surface area contributed by atoms with E-state index in [1.807, 2.05) is 36.4 Å². The smallest absolute Gasteiger partial charge is 0.303 e. The predicted molar refractivity (Wildman–Crippen MR) is 93.7 cm³/mol. The number of methoxy groups -OCH3 is 1. The van der Waals surface area contributed by atoms with Crippen LogP contribution in [0.1, 0.15) is 17.5 Å². The Morgan fingerprint density at radius 1 is 1.20 bits per heavy atom. The van der Waals surface area contributed by atoms with Crippen LogP contribution in [0.2, 0.25) is 0 Å². The molecule has 0 atom stereocenters. The zero-order valence-corrected chi connectivity index (χ0v) is 14.1. The minimum atomic E-state index is -0.790. The molecule has 0 saturated carbocycles. The fourth-order valence-corrected chi connectivity index (χ4v) is 2.72. The van der Waals surface area contributed by atoms with Crippen LogP contribution >= 0.6 is 0 Å². The molecule has 0 aromatic heterocycles. The summed E-state index contributed by atoms with van der Waals surface area (Å²) in [4.78, 5) is 10.7. The van der Waals surface area contributed by atoms with Crippen molar-refractivity contribution in [1.82, 2.24) is 0 Å². The molecule has 0 bridgehead atoms. The van der Waals surface area contributed by atoms with Gasteiger partial charge in [0.2, 0.25) is 5.75 Å². The van der Waals surface area contributed by atoms with Gasteiger partial charge in [0.05, 0.1) is 7.11 Å². The number of carbonyl (C=O) groups is 1. The topological polar surface area (TPSA) is 77.0 Å². The van der Waals surface area contributed by atoms with Gasteiger partial charge in [-0.2, -0.15) is 0 Å². The first-order valence-electron chi connectivity index (χ1n) is 8.17. The minimum absolute atomic E-state index is 0.128. The Morgan fingerprint density at radius 3 is 2.84 bits per heavy atom. The molecular formula is C19H21NO5. The van der Waals surface area contributed by atoms with Crippen molar-refractivity contribution in [3.8, 4) is 17.2 Å². The molecule has 2 N–H and O–H groups in total. The maximum Gasteiger partial charge on any atom is 0.303 e. The van der Waals surface area contributed by atoms with E-state index in [0.29, 0.717) is 43.4 Å². The van der Waals surface area contributed by atoms with Gasteiger partial charge in [0.25, 0.3) is 0 Å². The molecular weight excluding hydrogens is 322 g/mol. The van der Waals surface area contributed by atoms with Gasteiger partial charge in [-0.05, 0) is 41.8 Å². The van der Waals surface area contributed by atoms with Crippen molar-refractivity contribution in [2.24, 2.45) is 0 Å². The second kappa shape index (κ2) is 7.79. The maximum absolute atomic E-state index is 10.7. The number of carboxylic acids is 1. The molecule has 1 aliphatic rings. The molecule has 0 saturated heterocycles. The van der Waals surface area contributed by atoms with Crippen LogP contribution in [0.4, 0.5) is 5.69 Å². The Balaban J connectivity index is 1.69. The van der Waals surface area contributed by atoms with Crippen LogP contribution < -0.4 is 19.5 Å². The maximum atomic E-state index is 10.7. The second-order valence-electron chi connectivity index (χ2n) is 5.77. The molecule has 2 aromatic rings. The van der Waals surface area contributed by atoms with Crippen LogP contribution in [0, 0.1) is 0 Å². The lowest BCUT2D eigenvalue weighted by Crippen LogP contribution is -2.16.